The van der Waals surface area contributed by atoms with Crippen LogP contribution in [0.3, 0.4) is 0 Å². The Balaban J connectivity index is 1.95. The second kappa shape index (κ2) is 6.58. The normalized spacial score (nSPS) is 32.8. The van der Waals surface area contributed by atoms with Crippen LogP contribution in [0.15, 0.2) is 0 Å². The molecule has 0 aromatic rings. The van der Waals surface area contributed by atoms with Crippen LogP contribution >= 0.6 is 0 Å². The van der Waals surface area contributed by atoms with Crippen LogP contribution in [0.2, 0.25) is 0 Å². The van der Waals surface area contributed by atoms with Gasteiger partial charge in [-0.15, -0.1) is 0 Å². The zero-order valence-corrected chi connectivity index (χ0v) is 13.5. The lowest BCUT2D eigenvalue weighted by Crippen LogP contribution is -2.50. The van der Waals surface area contributed by atoms with Crippen LogP contribution in [0, 0.1) is 11.3 Å². The maximum atomic E-state index is 3.73. The summed E-state index contributed by atoms with van der Waals surface area (Å²) in [5.74, 6) is 0.914. The molecule has 2 nitrogen and oxygen atoms in total. The molecule has 0 spiro atoms. The third kappa shape index (κ3) is 4.19. The van der Waals surface area contributed by atoms with E-state index in [0.29, 0.717) is 11.5 Å². The summed E-state index contributed by atoms with van der Waals surface area (Å²) in [6, 6.07) is 1.50. The van der Waals surface area contributed by atoms with E-state index in [0.717, 1.165) is 12.0 Å². The van der Waals surface area contributed by atoms with Gasteiger partial charge in [-0.1, -0.05) is 40.0 Å². The minimum absolute atomic E-state index is 0.534. The van der Waals surface area contributed by atoms with Crippen molar-refractivity contribution in [2.75, 3.05) is 20.1 Å². The van der Waals surface area contributed by atoms with E-state index in [1.165, 1.54) is 58.0 Å². The number of hydrogen-bond donors (Lipinski definition) is 1. The zero-order valence-electron chi connectivity index (χ0n) is 13.5. The summed E-state index contributed by atoms with van der Waals surface area (Å²) in [6.07, 6.45) is 10.0. The lowest BCUT2D eigenvalue weighted by atomic mass is 9.69. The van der Waals surface area contributed by atoms with Crippen molar-refractivity contribution in [3.8, 4) is 0 Å². The Hall–Kier alpha value is -0.0800. The van der Waals surface area contributed by atoms with Gasteiger partial charge >= 0.3 is 0 Å². The molecule has 2 saturated carbocycles. The summed E-state index contributed by atoms with van der Waals surface area (Å²) >= 11 is 0. The fourth-order valence-corrected chi connectivity index (χ4v) is 4.04. The largest absolute Gasteiger partial charge is 0.314 e. The van der Waals surface area contributed by atoms with Crippen molar-refractivity contribution in [1.29, 1.82) is 0 Å². The van der Waals surface area contributed by atoms with E-state index in [4.69, 9.17) is 0 Å². The lowest BCUT2D eigenvalue weighted by Gasteiger charge is -2.46. The Labute approximate surface area is 120 Å². The smallest absolute Gasteiger partial charge is 0.00924 e. The average Bonchev–Trinajstić information content (AvgIpc) is 2.24. The number of nitrogens with zero attached hydrogens (tertiary/aromatic N) is 1. The first-order valence-corrected chi connectivity index (χ1v) is 8.44. The Morgan fingerprint density at radius 1 is 1.21 bits per heavy atom. The Kier molecular flexibility index (Phi) is 5.30. The molecule has 2 fully saturated rings. The minimum Gasteiger partial charge on any atom is -0.314 e. The first kappa shape index (κ1) is 15.3. The van der Waals surface area contributed by atoms with Gasteiger partial charge in [0.25, 0.3) is 0 Å². The summed E-state index contributed by atoms with van der Waals surface area (Å²) in [4.78, 5) is 2.67. The van der Waals surface area contributed by atoms with Crippen LogP contribution in [-0.4, -0.2) is 37.1 Å². The predicted octanol–water partition coefficient (Wildman–Crippen LogP) is 3.67. The summed E-state index contributed by atoms with van der Waals surface area (Å²) < 4.78 is 0. The van der Waals surface area contributed by atoms with Gasteiger partial charge in [-0.3, -0.25) is 0 Å². The second-order valence-electron chi connectivity index (χ2n) is 7.74. The molecule has 0 amide bonds. The highest BCUT2D eigenvalue weighted by molar-refractivity contribution is 4.92. The molecule has 1 N–H and O–H groups in total. The van der Waals surface area contributed by atoms with Crippen molar-refractivity contribution in [2.24, 2.45) is 11.3 Å². The molecule has 2 aliphatic rings. The van der Waals surface area contributed by atoms with Crippen LogP contribution in [-0.2, 0) is 0 Å². The lowest BCUT2D eigenvalue weighted by molar-refractivity contribution is 0.0500. The molecule has 2 unspecified atom stereocenters. The van der Waals surface area contributed by atoms with Gasteiger partial charge in [-0.05, 0) is 44.1 Å². The first-order chi connectivity index (χ1) is 9.01. The Morgan fingerprint density at radius 3 is 2.47 bits per heavy atom. The number of nitrogens with one attached hydrogen (secondary N) is 1. The highest BCUT2D eigenvalue weighted by atomic mass is 15.1. The van der Waals surface area contributed by atoms with Crippen molar-refractivity contribution in [3.05, 3.63) is 0 Å². The van der Waals surface area contributed by atoms with Gasteiger partial charge in [-0.25, -0.2) is 0 Å². The van der Waals surface area contributed by atoms with Crippen molar-refractivity contribution >= 4 is 0 Å². The second-order valence-corrected chi connectivity index (χ2v) is 7.74. The molecule has 2 aliphatic carbocycles. The Morgan fingerprint density at radius 2 is 1.95 bits per heavy atom. The van der Waals surface area contributed by atoms with Crippen LogP contribution < -0.4 is 5.32 Å². The summed E-state index contributed by atoms with van der Waals surface area (Å²) in [7, 11) is 2.36. The van der Waals surface area contributed by atoms with E-state index in [-0.39, 0.29) is 0 Å². The van der Waals surface area contributed by atoms with Gasteiger partial charge in [0.2, 0.25) is 0 Å². The standard InChI is InChI=1S/C17H34N2/c1-14(2)18-12-17(10-6-7-15(3)11-17)13-19(4)16-8-5-9-16/h14-16,18H,5-13H2,1-4H3. The third-order valence-corrected chi connectivity index (χ3v) is 5.35. The van der Waals surface area contributed by atoms with E-state index in [9.17, 15) is 0 Å². The number of rotatable bonds is 6. The van der Waals surface area contributed by atoms with Gasteiger partial charge in [0.1, 0.15) is 0 Å². The Bertz CT molecular complexity index is 272. The van der Waals surface area contributed by atoms with Gasteiger partial charge in [0.15, 0.2) is 0 Å². The van der Waals surface area contributed by atoms with Gasteiger partial charge in [0, 0.05) is 25.2 Å². The van der Waals surface area contributed by atoms with E-state index >= 15 is 0 Å². The third-order valence-electron chi connectivity index (χ3n) is 5.35. The van der Waals surface area contributed by atoms with Gasteiger partial charge < -0.3 is 10.2 Å². The van der Waals surface area contributed by atoms with Crippen molar-refractivity contribution in [1.82, 2.24) is 10.2 Å². The quantitative estimate of drug-likeness (QED) is 0.789. The van der Waals surface area contributed by atoms with E-state index in [1.54, 1.807) is 0 Å². The molecule has 0 aromatic heterocycles. The number of hydrogen-bond acceptors (Lipinski definition) is 2. The summed E-state index contributed by atoms with van der Waals surface area (Å²) in [5.41, 5.74) is 0.534. The van der Waals surface area contributed by atoms with Crippen LogP contribution in [0.4, 0.5) is 0 Å². The fraction of sp³-hybridized carbons (Fsp3) is 1.00. The molecule has 0 radical (unpaired) electrons. The average molecular weight is 266 g/mol. The molecule has 19 heavy (non-hydrogen) atoms. The molecule has 2 rings (SSSR count). The highest BCUT2D eigenvalue weighted by Crippen LogP contribution is 2.40. The predicted molar refractivity (Wildman–Crippen MR) is 83.5 cm³/mol. The minimum atomic E-state index is 0.534. The molecular formula is C17H34N2. The SMILES string of the molecule is CC1CCCC(CNC(C)C)(CN(C)C2CCC2)C1. The topological polar surface area (TPSA) is 15.3 Å². The van der Waals surface area contributed by atoms with Crippen LogP contribution in [0.25, 0.3) is 0 Å². The van der Waals surface area contributed by atoms with E-state index in [1.807, 2.05) is 0 Å². The van der Waals surface area contributed by atoms with E-state index in [2.05, 4.69) is 38.0 Å². The monoisotopic (exact) mass is 266 g/mol. The molecule has 0 bridgehead atoms. The highest BCUT2D eigenvalue weighted by Gasteiger charge is 2.37. The first-order valence-electron chi connectivity index (χ1n) is 8.44. The van der Waals surface area contributed by atoms with Crippen LogP contribution in [0.1, 0.15) is 65.7 Å². The molecule has 0 saturated heterocycles. The summed E-state index contributed by atoms with van der Waals surface area (Å²) in [6.45, 7) is 9.52. The zero-order chi connectivity index (χ0) is 13.9. The van der Waals surface area contributed by atoms with Crippen LogP contribution in [0.5, 0.6) is 0 Å². The molecule has 0 heterocycles. The maximum Gasteiger partial charge on any atom is 0.00924 e. The molecule has 2 heteroatoms. The molecule has 2 atom stereocenters. The van der Waals surface area contributed by atoms with Crippen molar-refractivity contribution in [3.63, 3.8) is 0 Å². The summed E-state index contributed by atoms with van der Waals surface area (Å²) in [5, 5.41) is 3.73. The molecule has 0 aromatic carbocycles. The van der Waals surface area contributed by atoms with Crippen molar-refractivity contribution < 1.29 is 0 Å². The molecule has 0 aliphatic heterocycles. The molecule has 112 valence electrons. The van der Waals surface area contributed by atoms with Crippen molar-refractivity contribution in [2.45, 2.75) is 77.8 Å². The van der Waals surface area contributed by atoms with Gasteiger partial charge in [-0.2, -0.15) is 0 Å². The van der Waals surface area contributed by atoms with E-state index < -0.39 is 0 Å². The van der Waals surface area contributed by atoms with Gasteiger partial charge in [0.05, 0.1) is 0 Å². The maximum absolute atomic E-state index is 3.73. The fourth-order valence-electron chi connectivity index (χ4n) is 4.04. The molecular weight excluding hydrogens is 232 g/mol.